The van der Waals surface area contributed by atoms with Crippen LogP contribution in [-0.2, 0) is 119 Å². The molecule has 10 rings (SSSR count). The van der Waals surface area contributed by atoms with E-state index in [1.165, 1.54) is 14.4 Å². The van der Waals surface area contributed by atoms with Gasteiger partial charge in [0.2, 0.25) is 31.6 Å². The van der Waals surface area contributed by atoms with Crippen molar-refractivity contribution in [3.8, 4) is 5.75 Å². The molecule has 0 saturated heterocycles. The summed E-state index contributed by atoms with van der Waals surface area (Å²) in [6.07, 6.45) is 16.9. The number of benzene rings is 5. The minimum atomic E-state index is -5.32. The van der Waals surface area contributed by atoms with Crippen molar-refractivity contribution in [2.75, 3.05) is 100.0 Å². The van der Waals surface area contributed by atoms with Gasteiger partial charge in [-0.25, -0.2) is 75.2 Å². The molecule has 0 bridgehead atoms. The molecule has 138 heavy (non-hydrogen) atoms. The lowest BCUT2D eigenvalue weighted by Crippen LogP contribution is -2.52. The van der Waals surface area contributed by atoms with Crippen LogP contribution in [0.15, 0.2) is 134 Å². The maximum Gasteiger partial charge on any atom is 0.425 e. The molecule has 35 nitrogen and oxygen atoms in total. The zero-order chi connectivity index (χ0) is 103. The van der Waals surface area contributed by atoms with E-state index in [0.717, 1.165) is 90.0 Å². The average molecular weight is 2080 g/mol. The minimum absolute atomic E-state index is 0.0208. The number of carbonyl (C=O) groups excluding carboxylic acids is 2. The number of nitrogens with zero attached hydrogens (tertiary/aromatic N) is 5. The second-order valence-electron chi connectivity index (χ2n) is 35.2. The average Bonchev–Trinajstić information content (AvgIpc) is 0.912. The van der Waals surface area contributed by atoms with Gasteiger partial charge in [-0.1, -0.05) is 94.1 Å². The number of carboxylic acid groups (broad SMARTS) is 2. The van der Waals surface area contributed by atoms with Crippen molar-refractivity contribution in [2.45, 2.75) is 213 Å². The predicted molar refractivity (Wildman–Crippen MR) is 499 cm³/mol. The summed E-state index contributed by atoms with van der Waals surface area (Å²) in [5, 5.41) is 34.2. The van der Waals surface area contributed by atoms with E-state index in [2.05, 4.69) is 84.2 Å². The Kier molecular flexibility index (Phi) is 42.3. The summed E-state index contributed by atoms with van der Waals surface area (Å²) in [4.78, 5) is 49.8. The van der Waals surface area contributed by atoms with E-state index in [4.69, 9.17) is 50.1 Å². The molecule has 0 radical (unpaired) electrons. The highest BCUT2D eigenvalue weighted by atomic mass is 32.2. The minimum Gasteiger partial charge on any atom is -0.748 e. The lowest BCUT2D eigenvalue weighted by Gasteiger charge is -2.34. The number of rotatable bonds is 41. The fourth-order valence-corrected chi connectivity index (χ4v) is 21.3. The summed E-state index contributed by atoms with van der Waals surface area (Å²) >= 11 is 0. The molecule has 2 heterocycles. The number of anilines is 3. The molecule has 762 valence electrons. The molecule has 5 aromatic carbocycles. The number of unbranched alkanes of at least 4 members (excludes halogenated alkanes) is 2. The van der Waals surface area contributed by atoms with E-state index in [9.17, 15) is 88.7 Å². The third-order valence-electron chi connectivity index (χ3n) is 23.9. The van der Waals surface area contributed by atoms with Gasteiger partial charge in [0.25, 0.3) is 10.1 Å². The molecule has 0 aromatic heterocycles. The molecule has 1 atom stereocenters. The van der Waals surface area contributed by atoms with Gasteiger partial charge in [0.1, 0.15) is 28.7 Å². The number of allylic oxidation sites excluding steroid dienone is 7. The number of halogens is 6. The van der Waals surface area contributed by atoms with Crippen molar-refractivity contribution >= 4 is 129 Å². The Bertz CT molecular complexity index is 6330. The van der Waals surface area contributed by atoms with Gasteiger partial charge in [-0.05, 0) is 169 Å². The summed E-state index contributed by atoms with van der Waals surface area (Å²) in [7, 11) is -23.8. The van der Waals surface area contributed by atoms with Crippen molar-refractivity contribution in [3.63, 3.8) is 0 Å². The summed E-state index contributed by atoms with van der Waals surface area (Å²) in [6.45, 7) is 9.19. The van der Waals surface area contributed by atoms with Crippen LogP contribution in [0.4, 0.5) is 49.1 Å². The first-order valence-electron chi connectivity index (χ1n) is 44.3. The highest BCUT2D eigenvalue weighted by molar-refractivity contribution is 7.91. The van der Waals surface area contributed by atoms with Crippen LogP contribution in [0.5, 0.6) is 5.75 Å². The Morgan fingerprint density at radius 2 is 1.23 bits per heavy atom. The van der Waals surface area contributed by atoms with Crippen molar-refractivity contribution in [1.82, 2.24) is 10.2 Å². The number of carbonyl (C=O) groups is 4. The third-order valence-corrected chi connectivity index (χ3v) is 29.1. The number of sulfonamides is 2. The molecule has 1 amide bonds. The molecule has 0 unspecified atom stereocenters. The fraction of sp³-hybridized carbons (Fsp3) is 0.511. The Labute approximate surface area is 803 Å². The zero-order valence-corrected chi connectivity index (χ0v) is 83.3. The van der Waals surface area contributed by atoms with Gasteiger partial charge in [-0.3, -0.25) is 33.2 Å². The van der Waals surface area contributed by atoms with Crippen LogP contribution < -0.4 is 35.4 Å². The molecule has 48 heteroatoms. The van der Waals surface area contributed by atoms with E-state index in [0.29, 0.717) is 81.5 Å². The number of fused-ring (bicyclic) bond motifs is 2. The standard InChI is InChI=1S/C75H98F3N7O16S4.C15H19F3N2O4S.2O3S/c1-74(2)58-27-14-16-29-60(58)83(42-18-20-46-103(92,93)94)62(74)37-33-52-23-22-24-53(34-38-63-75(3,4)59-28-15-17-30-61(59)84(63)43-19-21-47-104(95,96)97)69(52)101-57-35-31-51(32-36-57)49-54(72(88)89)50-56(86)39-44-100-45-41-80-64(87)40-48-102(90,91)71-66(77)65(76)70(105(79,98)99)67(78)68(71)85(73(81(5)6)82(7)8)55-25-12-10-9-11-13-26-55;16-11-9(5-2-6-10(21)22)14(20-7-8-3-1-4-8)13(18)15(12(11)17)25(19,23)24;2*1-4(2)3/h14-17,27-38,54-55H,9-13,18-26,39-50H2,1-8H3,(H4-2,79,80,87,88,89,92,93,94,95,96,97,98,99);8,20H,1-7H2,(H,21,22)(H2,19,23,24);;/p+1/t54-;;;/m1.../s1. The third kappa shape index (κ3) is 32.5. The van der Waals surface area contributed by atoms with Crippen LogP contribution in [-0.4, -0.2) is 227 Å². The Hall–Kier alpha value is -10.1. The summed E-state index contributed by atoms with van der Waals surface area (Å²) in [5.41, 5.74) is 5.54. The highest BCUT2D eigenvalue weighted by Gasteiger charge is 2.48. The Morgan fingerprint density at radius 1 is 0.652 bits per heavy atom. The SMILES string of the molecule is CN(C)C(N(c1c(F)c(S(N)(=O)=O)c(F)c(F)c1S(=O)(=O)CCC(=O)NCCOCCC(=O)C[C@@H](Cc1ccc(OC2=C(C=CC3=[N+](CCCCS(=O)(=O)O)c4ccccc4C3(C)C)CCCC2=CC=C2N(CCCCS(=O)(=O)[O-])c3ccccc3C2(C)C)cc1)C(=O)O)C1CCCCCCC1)=[N+](C)C.NS(=O)(=O)c1c(F)c(F)c(CCCC(=O)O)c(NCC2CCC2)c1F.O=S(=O)=O.O=S(=O)=O. The number of ketones is 1. The number of ether oxygens (including phenoxy) is 2. The number of nitrogens with two attached hydrogens (primary N) is 2. The molecule has 2 saturated carbocycles. The zero-order valence-electron chi connectivity index (χ0n) is 77.6. The van der Waals surface area contributed by atoms with E-state index in [1.54, 1.807) is 52.5 Å². The van der Waals surface area contributed by atoms with Gasteiger partial charge in [0.05, 0.1) is 86.1 Å². The number of amides is 1. The number of carboxylic acids is 2. The first-order valence-corrected chi connectivity index (χ1v) is 54.2. The summed E-state index contributed by atoms with van der Waals surface area (Å²) in [6, 6.07) is 22.3. The van der Waals surface area contributed by atoms with E-state index >= 15 is 13.2 Å². The van der Waals surface area contributed by atoms with Crippen molar-refractivity contribution < 1.29 is 151 Å². The van der Waals surface area contributed by atoms with Gasteiger partial charge in [-0.2, -0.15) is 13.0 Å². The van der Waals surface area contributed by atoms with Gasteiger partial charge in [0, 0.05) is 97.6 Å². The van der Waals surface area contributed by atoms with Crippen LogP contribution in [0.25, 0.3) is 0 Å². The molecule has 3 aliphatic carbocycles. The molecule has 5 aromatic rings. The largest absolute Gasteiger partial charge is 0.748 e. The number of para-hydroxylation sites is 2. The number of Topliss-reactive ketones (excluding diaryl/α,β-unsaturated/α-hetero) is 1. The molecular formula is C90H118F6N9O26S7+. The fourth-order valence-electron chi connectivity index (χ4n) is 17.3. The second-order valence-corrected chi connectivity index (χ2v) is 44.1. The van der Waals surface area contributed by atoms with Crippen molar-refractivity contribution in [3.05, 3.63) is 177 Å². The molecular weight excluding hydrogens is 1960 g/mol. The van der Waals surface area contributed by atoms with Crippen LogP contribution in [0.1, 0.15) is 191 Å². The van der Waals surface area contributed by atoms with Gasteiger partial charge in [-0.15, -0.1) is 25.3 Å². The predicted octanol–water partition coefficient (Wildman–Crippen LogP) is 10.9. The maximum absolute atomic E-state index is 16.9. The lowest BCUT2D eigenvalue weighted by molar-refractivity contribution is -0.471. The topological polar surface area (TPSA) is 535 Å². The van der Waals surface area contributed by atoms with E-state index < -0.39 is 202 Å². The number of primary sulfonamides is 2. The smallest absolute Gasteiger partial charge is 0.425 e. The molecule has 5 aliphatic rings. The van der Waals surface area contributed by atoms with Gasteiger partial charge >= 0.3 is 39.1 Å². The number of hydrogen-bond donors (Lipinski definition) is 7. The van der Waals surface area contributed by atoms with Crippen LogP contribution >= 0.6 is 0 Å². The first kappa shape index (κ1) is 115. The van der Waals surface area contributed by atoms with Crippen LogP contribution in [0.3, 0.4) is 0 Å². The molecule has 9 N–H and O–H groups in total. The van der Waals surface area contributed by atoms with Crippen molar-refractivity contribution in [2.24, 2.45) is 22.1 Å². The lowest BCUT2D eigenvalue weighted by atomic mass is 9.81. The molecule has 2 fully saturated rings. The number of guanidine groups is 1. The second kappa shape index (κ2) is 50.8. The first-order chi connectivity index (χ1) is 64.4. The van der Waals surface area contributed by atoms with Crippen molar-refractivity contribution in [1.29, 1.82) is 0 Å². The normalized spacial score (nSPS) is 16.4. The van der Waals surface area contributed by atoms with Gasteiger partial charge < -0.3 is 39.8 Å². The Morgan fingerprint density at radius 3 is 1.80 bits per heavy atom. The Balaban J connectivity index is 0.000000660. The highest BCUT2D eigenvalue weighted by Crippen LogP contribution is 2.49. The van der Waals surface area contributed by atoms with Crippen LogP contribution in [0.2, 0.25) is 0 Å². The quantitative estimate of drug-likeness (QED) is 0.00363. The van der Waals surface area contributed by atoms with Crippen LogP contribution in [0, 0.1) is 46.7 Å². The van der Waals surface area contributed by atoms with E-state index in [1.807, 2.05) is 36.4 Å². The molecule has 0 spiro atoms. The maximum atomic E-state index is 16.9. The summed E-state index contributed by atoms with van der Waals surface area (Å²) in [5.74, 6) is -16.7. The van der Waals surface area contributed by atoms with E-state index in [-0.39, 0.29) is 95.3 Å². The van der Waals surface area contributed by atoms with Gasteiger partial charge in [0.15, 0.2) is 65.9 Å². The number of aliphatic carboxylic acids is 2. The molecule has 2 aliphatic heterocycles. The monoisotopic (exact) mass is 2080 g/mol. The number of nitrogens with one attached hydrogen (secondary N) is 2. The summed E-state index contributed by atoms with van der Waals surface area (Å²) < 4.78 is 303. The number of hydrogen-bond acceptors (Lipinski definition) is 25. The number of sulfone groups is 1.